The zero-order valence-electron chi connectivity index (χ0n) is 8.98. The molecule has 1 fully saturated rings. The fourth-order valence-electron chi connectivity index (χ4n) is 1.86. The highest BCUT2D eigenvalue weighted by molar-refractivity contribution is 7.17. The molecule has 4 heteroatoms. The fourth-order valence-corrected chi connectivity index (χ4v) is 2.73. The summed E-state index contributed by atoms with van der Waals surface area (Å²) in [7, 11) is 0. The van der Waals surface area contributed by atoms with Crippen molar-refractivity contribution in [1.82, 2.24) is 4.90 Å². The summed E-state index contributed by atoms with van der Waals surface area (Å²) in [4.78, 5) is 16.2. The van der Waals surface area contributed by atoms with Crippen molar-refractivity contribution in [2.24, 2.45) is 0 Å². The van der Waals surface area contributed by atoms with Crippen LogP contribution in [0.15, 0.2) is 12.1 Å². The first-order chi connectivity index (χ1) is 7.33. The number of hydrogen-bond donors (Lipinski definition) is 0. The largest absolute Gasteiger partial charge is 0.361 e. The molecule has 1 aromatic heterocycles. The Morgan fingerprint density at radius 3 is 2.60 bits per heavy atom. The first-order valence-electron chi connectivity index (χ1n) is 5.36. The van der Waals surface area contributed by atoms with Crippen molar-refractivity contribution >= 4 is 22.6 Å². The van der Waals surface area contributed by atoms with E-state index in [-0.39, 0.29) is 0 Å². The van der Waals surface area contributed by atoms with E-state index in [9.17, 15) is 4.79 Å². The van der Waals surface area contributed by atoms with Gasteiger partial charge >= 0.3 is 0 Å². The average molecular weight is 224 g/mol. The van der Waals surface area contributed by atoms with Crippen molar-refractivity contribution in [2.75, 3.05) is 37.6 Å². The Hall–Kier alpha value is -0.870. The van der Waals surface area contributed by atoms with Gasteiger partial charge in [0.1, 0.15) is 0 Å². The van der Waals surface area contributed by atoms with Crippen molar-refractivity contribution < 1.29 is 4.79 Å². The topological polar surface area (TPSA) is 23.6 Å². The van der Waals surface area contributed by atoms with Crippen LogP contribution in [-0.4, -0.2) is 43.9 Å². The summed E-state index contributed by atoms with van der Waals surface area (Å²) >= 11 is 1.59. The molecule has 1 saturated heterocycles. The zero-order chi connectivity index (χ0) is 10.7. The molecule has 0 aliphatic carbocycles. The molecule has 1 aromatic rings. The van der Waals surface area contributed by atoms with Crippen LogP contribution in [0, 0.1) is 0 Å². The molecule has 2 rings (SSSR count). The average Bonchev–Trinajstić information content (AvgIpc) is 2.78. The van der Waals surface area contributed by atoms with E-state index in [1.54, 1.807) is 11.3 Å². The number of thiophene rings is 1. The standard InChI is InChI=1S/C11H16N2OS/c1-2-12-5-7-13(8-6-12)11-4-3-10(9-14)15-11/h3-4,9H,2,5-8H2,1H3. The second-order valence-corrected chi connectivity index (χ2v) is 4.81. The van der Waals surface area contributed by atoms with Crippen LogP contribution in [0.4, 0.5) is 5.00 Å². The van der Waals surface area contributed by atoms with Crippen LogP contribution in [-0.2, 0) is 0 Å². The molecular weight excluding hydrogens is 208 g/mol. The molecule has 0 aromatic carbocycles. The minimum absolute atomic E-state index is 0.822. The summed E-state index contributed by atoms with van der Waals surface area (Å²) in [6.07, 6.45) is 0.927. The monoisotopic (exact) mass is 224 g/mol. The summed E-state index contributed by atoms with van der Waals surface area (Å²) in [5.41, 5.74) is 0. The van der Waals surface area contributed by atoms with Gasteiger partial charge in [0.2, 0.25) is 0 Å². The third kappa shape index (κ3) is 2.38. The molecule has 0 unspecified atom stereocenters. The molecule has 0 spiro atoms. The first-order valence-corrected chi connectivity index (χ1v) is 6.17. The molecule has 0 bridgehead atoms. The van der Waals surface area contributed by atoms with Crippen LogP contribution >= 0.6 is 11.3 Å². The number of aldehydes is 1. The molecule has 82 valence electrons. The van der Waals surface area contributed by atoms with Crippen LogP contribution in [0.25, 0.3) is 0 Å². The lowest BCUT2D eigenvalue weighted by molar-refractivity contribution is 0.112. The molecule has 1 aliphatic rings. The Morgan fingerprint density at radius 1 is 1.33 bits per heavy atom. The van der Waals surface area contributed by atoms with Crippen molar-refractivity contribution in [3.8, 4) is 0 Å². The van der Waals surface area contributed by atoms with E-state index in [4.69, 9.17) is 0 Å². The molecule has 0 N–H and O–H groups in total. The highest BCUT2D eigenvalue weighted by Gasteiger charge is 2.16. The molecule has 2 heterocycles. The number of carbonyl (C=O) groups is 1. The summed E-state index contributed by atoms with van der Waals surface area (Å²) in [5.74, 6) is 0. The van der Waals surface area contributed by atoms with E-state index in [2.05, 4.69) is 22.8 Å². The Balaban J connectivity index is 1.97. The highest BCUT2D eigenvalue weighted by Crippen LogP contribution is 2.25. The number of likely N-dealkylation sites (N-methyl/N-ethyl adjacent to an activating group) is 1. The van der Waals surface area contributed by atoms with Crippen LogP contribution in [0.3, 0.4) is 0 Å². The van der Waals surface area contributed by atoms with Gasteiger partial charge in [0.25, 0.3) is 0 Å². The SMILES string of the molecule is CCN1CCN(c2ccc(C=O)s2)CC1. The zero-order valence-corrected chi connectivity index (χ0v) is 9.80. The highest BCUT2D eigenvalue weighted by atomic mass is 32.1. The summed E-state index contributed by atoms with van der Waals surface area (Å²) in [6, 6.07) is 3.95. The lowest BCUT2D eigenvalue weighted by Crippen LogP contribution is -2.45. The smallest absolute Gasteiger partial charge is 0.160 e. The lowest BCUT2D eigenvalue weighted by Gasteiger charge is -2.34. The number of piperazine rings is 1. The predicted octanol–water partition coefficient (Wildman–Crippen LogP) is 1.70. The fraction of sp³-hybridized carbons (Fsp3) is 0.545. The second-order valence-electron chi connectivity index (χ2n) is 3.72. The predicted molar refractivity (Wildman–Crippen MR) is 64.0 cm³/mol. The van der Waals surface area contributed by atoms with Gasteiger partial charge < -0.3 is 9.80 Å². The summed E-state index contributed by atoms with van der Waals surface area (Å²) in [5, 5.41) is 1.23. The van der Waals surface area contributed by atoms with Gasteiger partial charge in [-0.15, -0.1) is 11.3 Å². The Kier molecular flexibility index (Phi) is 3.38. The van der Waals surface area contributed by atoms with Gasteiger partial charge in [-0.05, 0) is 18.7 Å². The van der Waals surface area contributed by atoms with E-state index in [0.717, 1.165) is 43.9 Å². The van der Waals surface area contributed by atoms with Crippen molar-refractivity contribution in [3.63, 3.8) is 0 Å². The molecule has 3 nitrogen and oxygen atoms in total. The van der Waals surface area contributed by atoms with Gasteiger partial charge in [-0.1, -0.05) is 6.92 Å². The molecular formula is C11H16N2OS. The van der Waals surface area contributed by atoms with Crippen LogP contribution in [0.1, 0.15) is 16.6 Å². The maximum Gasteiger partial charge on any atom is 0.160 e. The van der Waals surface area contributed by atoms with Crippen molar-refractivity contribution in [3.05, 3.63) is 17.0 Å². The van der Waals surface area contributed by atoms with Crippen molar-refractivity contribution in [1.29, 1.82) is 0 Å². The molecule has 0 saturated carbocycles. The van der Waals surface area contributed by atoms with Crippen LogP contribution in [0.2, 0.25) is 0 Å². The Morgan fingerprint density at radius 2 is 2.07 bits per heavy atom. The normalized spacial score (nSPS) is 18.1. The van der Waals surface area contributed by atoms with E-state index >= 15 is 0 Å². The first kappa shape index (κ1) is 10.6. The minimum Gasteiger partial charge on any atom is -0.361 e. The number of hydrogen-bond acceptors (Lipinski definition) is 4. The summed E-state index contributed by atoms with van der Waals surface area (Å²) in [6.45, 7) is 7.75. The van der Waals surface area contributed by atoms with Gasteiger partial charge in [-0.25, -0.2) is 0 Å². The van der Waals surface area contributed by atoms with E-state index < -0.39 is 0 Å². The van der Waals surface area contributed by atoms with E-state index in [0.29, 0.717) is 0 Å². The number of carbonyl (C=O) groups excluding carboxylic acids is 1. The lowest BCUT2D eigenvalue weighted by atomic mass is 10.3. The van der Waals surface area contributed by atoms with Gasteiger partial charge in [-0.2, -0.15) is 0 Å². The molecule has 0 radical (unpaired) electrons. The third-order valence-electron chi connectivity index (χ3n) is 2.86. The quantitative estimate of drug-likeness (QED) is 0.730. The summed E-state index contributed by atoms with van der Waals surface area (Å²) < 4.78 is 0. The minimum atomic E-state index is 0.822. The molecule has 15 heavy (non-hydrogen) atoms. The number of anilines is 1. The van der Waals surface area contributed by atoms with Gasteiger partial charge in [0, 0.05) is 26.2 Å². The van der Waals surface area contributed by atoms with Gasteiger partial charge in [-0.3, -0.25) is 4.79 Å². The third-order valence-corrected chi connectivity index (χ3v) is 3.93. The Bertz CT molecular complexity index is 329. The van der Waals surface area contributed by atoms with Crippen LogP contribution < -0.4 is 4.90 Å². The second kappa shape index (κ2) is 4.77. The molecule has 1 aliphatic heterocycles. The van der Waals surface area contributed by atoms with E-state index in [1.807, 2.05) is 6.07 Å². The van der Waals surface area contributed by atoms with Gasteiger partial charge in [0.15, 0.2) is 6.29 Å². The number of nitrogens with zero attached hydrogens (tertiary/aromatic N) is 2. The maximum absolute atomic E-state index is 10.6. The van der Waals surface area contributed by atoms with Crippen molar-refractivity contribution in [2.45, 2.75) is 6.92 Å². The van der Waals surface area contributed by atoms with Gasteiger partial charge in [0.05, 0.1) is 9.88 Å². The molecule has 0 amide bonds. The van der Waals surface area contributed by atoms with E-state index in [1.165, 1.54) is 5.00 Å². The van der Waals surface area contributed by atoms with Crippen LogP contribution in [0.5, 0.6) is 0 Å². The Labute approximate surface area is 94.3 Å². The number of rotatable bonds is 3. The maximum atomic E-state index is 10.6. The molecule has 0 atom stereocenters.